The third-order valence-electron chi connectivity index (χ3n) is 6.66. The highest BCUT2D eigenvalue weighted by molar-refractivity contribution is 6.04. The first-order chi connectivity index (χ1) is 16.2. The fraction of sp³-hybridized carbons (Fsp3) is 0.310. The number of aliphatic carboxylic acids is 1. The highest BCUT2D eigenvalue weighted by Crippen LogP contribution is 2.48. The van der Waals surface area contributed by atoms with Gasteiger partial charge in [-0.05, 0) is 55.2 Å². The summed E-state index contributed by atoms with van der Waals surface area (Å²) in [4.78, 5) is 24.7. The predicted molar refractivity (Wildman–Crippen MR) is 133 cm³/mol. The van der Waals surface area contributed by atoms with Gasteiger partial charge in [0.2, 0.25) is 0 Å². The molecule has 0 amide bonds. The second-order valence-electron chi connectivity index (χ2n) is 9.03. The van der Waals surface area contributed by atoms with Gasteiger partial charge in [0.1, 0.15) is 11.5 Å². The van der Waals surface area contributed by atoms with Gasteiger partial charge >= 0.3 is 5.97 Å². The summed E-state index contributed by atoms with van der Waals surface area (Å²) in [6, 6.07) is 17.2. The van der Waals surface area contributed by atoms with Gasteiger partial charge in [0.15, 0.2) is 5.78 Å². The Balaban J connectivity index is 1.70. The van der Waals surface area contributed by atoms with Crippen LogP contribution in [0.25, 0.3) is 0 Å². The molecule has 5 nitrogen and oxygen atoms in total. The van der Waals surface area contributed by atoms with Crippen LogP contribution in [0.1, 0.15) is 43.6 Å². The van der Waals surface area contributed by atoms with E-state index in [9.17, 15) is 14.7 Å². The van der Waals surface area contributed by atoms with Crippen molar-refractivity contribution in [3.63, 3.8) is 0 Å². The first-order valence-electron chi connectivity index (χ1n) is 11.4. The maximum absolute atomic E-state index is 12.8. The summed E-state index contributed by atoms with van der Waals surface area (Å²) in [6.45, 7) is 8.08. The van der Waals surface area contributed by atoms with Gasteiger partial charge in [0.05, 0.1) is 19.3 Å². The molecule has 34 heavy (non-hydrogen) atoms. The molecule has 1 aliphatic rings. The molecule has 0 heterocycles. The first kappa shape index (κ1) is 25.0. The molecular weight excluding hydrogens is 428 g/mol. The summed E-state index contributed by atoms with van der Waals surface area (Å²) < 4.78 is 11.4. The number of methoxy groups -OCH3 is 1. The van der Waals surface area contributed by atoms with Crippen LogP contribution in [0.5, 0.6) is 5.75 Å². The maximum atomic E-state index is 12.8. The minimum absolute atomic E-state index is 0.134. The topological polar surface area (TPSA) is 72.8 Å². The molecule has 1 aliphatic carbocycles. The van der Waals surface area contributed by atoms with Gasteiger partial charge in [-0.3, -0.25) is 4.79 Å². The molecule has 1 N–H and O–H groups in total. The summed E-state index contributed by atoms with van der Waals surface area (Å²) in [5, 5.41) is 9.68. The molecule has 0 radical (unpaired) electrons. The molecule has 2 aromatic rings. The standard InChI is InChI=1S/C29H32O5/c1-19-26(28(31)32)20(2)29(3,4)24(27(19)33-5)15-16-25(30)22-11-13-23(14-12-22)34-18-17-21-9-7-6-8-10-21/h6-16,24H,17-18H2,1-5H3,(H,31,32). The quantitative estimate of drug-likeness (QED) is 0.366. The lowest BCUT2D eigenvalue weighted by molar-refractivity contribution is -0.132. The molecule has 0 aromatic heterocycles. The van der Waals surface area contributed by atoms with Gasteiger partial charge in [-0.1, -0.05) is 55.8 Å². The molecule has 0 bridgehead atoms. The average Bonchev–Trinajstić information content (AvgIpc) is 2.81. The monoisotopic (exact) mass is 460 g/mol. The highest BCUT2D eigenvalue weighted by Gasteiger charge is 2.41. The summed E-state index contributed by atoms with van der Waals surface area (Å²) in [6.07, 6.45) is 4.17. The third kappa shape index (κ3) is 5.30. The summed E-state index contributed by atoms with van der Waals surface area (Å²) in [7, 11) is 1.54. The minimum atomic E-state index is -0.970. The van der Waals surface area contributed by atoms with E-state index in [1.165, 1.54) is 12.7 Å². The lowest BCUT2D eigenvalue weighted by atomic mass is 9.66. The fourth-order valence-corrected chi connectivity index (χ4v) is 4.38. The van der Waals surface area contributed by atoms with E-state index in [-0.39, 0.29) is 17.3 Å². The Morgan fingerprint density at radius 3 is 2.26 bits per heavy atom. The molecule has 1 atom stereocenters. The number of carbonyl (C=O) groups excluding carboxylic acids is 1. The lowest BCUT2D eigenvalue weighted by Gasteiger charge is -2.40. The minimum Gasteiger partial charge on any atom is -0.500 e. The van der Waals surface area contributed by atoms with Crippen molar-refractivity contribution in [2.75, 3.05) is 13.7 Å². The zero-order valence-corrected chi connectivity index (χ0v) is 20.4. The van der Waals surface area contributed by atoms with Gasteiger partial charge in [0, 0.05) is 23.5 Å². The van der Waals surface area contributed by atoms with Crippen LogP contribution in [-0.2, 0) is 16.0 Å². The molecular formula is C29H32O5. The van der Waals surface area contributed by atoms with Crippen LogP contribution in [0.4, 0.5) is 0 Å². The summed E-state index contributed by atoms with van der Waals surface area (Å²) in [5.74, 6) is -0.0796. The number of hydrogen-bond acceptors (Lipinski definition) is 4. The zero-order chi connectivity index (χ0) is 24.9. The molecule has 0 saturated heterocycles. The van der Waals surface area contributed by atoms with Crippen LogP contribution < -0.4 is 4.74 Å². The number of hydrogen-bond donors (Lipinski definition) is 1. The van der Waals surface area contributed by atoms with Crippen LogP contribution in [0.2, 0.25) is 0 Å². The SMILES string of the molecule is COC1=C(C)C(C(=O)O)=C(C)C(C)(C)C1C=CC(=O)c1ccc(OCCc2ccccc2)cc1. The molecule has 3 rings (SSSR count). The van der Waals surface area contributed by atoms with Crippen molar-refractivity contribution in [1.29, 1.82) is 0 Å². The van der Waals surface area contributed by atoms with Gasteiger partial charge in [-0.15, -0.1) is 0 Å². The molecule has 0 aliphatic heterocycles. The fourth-order valence-electron chi connectivity index (χ4n) is 4.38. The summed E-state index contributed by atoms with van der Waals surface area (Å²) >= 11 is 0. The number of benzene rings is 2. The largest absolute Gasteiger partial charge is 0.500 e. The second kappa shape index (κ2) is 10.6. The van der Waals surface area contributed by atoms with Gasteiger partial charge < -0.3 is 14.6 Å². The number of rotatable bonds is 9. The molecule has 2 aromatic carbocycles. The van der Waals surface area contributed by atoms with Crippen molar-refractivity contribution in [3.8, 4) is 5.75 Å². The second-order valence-corrected chi connectivity index (χ2v) is 9.03. The Hall–Kier alpha value is -3.60. The Bertz CT molecular complexity index is 1130. The Morgan fingerprint density at radius 1 is 1.03 bits per heavy atom. The van der Waals surface area contributed by atoms with Crippen LogP contribution in [0, 0.1) is 11.3 Å². The van der Waals surface area contributed by atoms with Gasteiger partial charge in [-0.2, -0.15) is 0 Å². The average molecular weight is 461 g/mol. The number of ketones is 1. The van der Waals surface area contributed by atoms with Crippen LogP contribution >= 0.6 is 0 Å². The highest BCUT2D eigenvalue weighted by atomic mass is 16.5. The number of carboxylic acids is 1. The van der Waals surface area contributed by atoms with E-state index in [1.54, 1.807) is 37.3 Å². The predicted octanol–water partition coefficient (Wildman–Crippen LogP) is 6.02. The molecule has 1 unspecified atom stereocenters. The zero-order valence-electron chi connectivity index (χ0n) is 20.4. The van der Waals surface area contributed by atoms with Crippen molar-refractivity contribution in [3.05, 3.63) is 100 Å². The van der Waals surface area contributed by atoms with E-state index in [4.69, 9.17) is 9.47 Å². The lowest BCUT2D eigenvalue weighted by Crippen LogP contribution is -2.33. The third-order valence-corrected chi connectivity index (χ3v) is 6.66. The van der Waals surface area contributed by atoms with Crippen molar-refractivity contribution in [1.82, 2.24) is 0 Å². The van der Waals surface area contributed by atoms with Crippen molar-refractivity contribution in [2.45, 2.75) is 34.1 Å². The van der Waals surface area contributed by atoms with Crippen molar-refractivity contribution < 1.29 is 24.2 Å². The van der Waals surface area contributed by atoms with E-state index in [1.807, 2.05) is 45.0 Å². The number of allylic oxidation sites excluding steroid dienone is 3. The van der Waals surface area contributed by atoms with Crippen LogP contribution in [0.15, 0.2) is 89.2 Å². The molecule has 0 fully saturated rings. The Labute approximate surface area is 201 Å². The van der Waals surface area contributed by atoms with Gasteiger partial charge in [-0.25, -0.2) is 4.79 Å². The van der Waals surface area contributed by atoms with Gasteiger partial charge in [0.25, 0.3) is 0 Å². The number of ether oxygens (including phenoxy) is 2. The van der Waals surface area contributed by atoms with E-state index in [2.05, 4.69) is 12.1 Å². The number of carboxylic acid groups (broad SMARTS) is 1. The smallest absolute Gasteiger partial charge is 0.336 e. The molecule has 0 spiro atoms. The summed E-state index contributed by atoms with van der Waals surface area (Å²) in [5.41, 5.74) is 2.87. The Morgan fingerprint density at radius 2 is 1.68 bits per heavy atom. The molecule has 5 heteroatoms. The maximum Gasteiger partial charge on any atom is 0.336 e. The van der Waals surface area contributed by atoms with Crippen LogP contribution in [0.3, 0.4) is 0 Å². The Kier molecular flexibility index (Phi) is 7.77. The van der Waals surface area contributed by atoms with E-state index in [0.717, 1.165) is 12.0 Å². The van der Waals surface area contributed by atoms with E-state index < -0.39 is 11.4 Å². The van der Waals surface area contributed by atoms with E-state index >= 15 is 0 Å². The first-order valence-corrected chi connectivity index (χ1v) is 11.4. The number of carbonyl (C=O) groups is 2. The van der Waals surface area contributed by atoms with E-state index in [0.29, 0.717) is 29.3 Å². The molecule has 178 valence electrons. The normalized spacial score (nSPS) is 17.7. The van der Waals surface area contributed by atoms with Crippen molar-refractivity contribution >= 4 is 11.8 Å². The van der Waals surface area contributed by atoms with Crippen molar-refractivity contribution in [2.24, 2.45) is 11.3 Å². The van der Waals surface area contributed by atoms with Crippen LogP contribution in [-0.4, -0.2) is 30.6 Å². The molecule has 0 saturated carbocycles.